The van der Waals surface area contributed by atoms with Gasteiger partial charge in [0.1, 0.15) is 0 Å². The van der Waals surface area contributed by atoms with Crippen LogP contribution >= 0.6 is 0 Å². The molecule has 1 aromatic rings. The van der Waals surface area contributed by atoms with Crippen molar-refractivity contribution in [1.82, 2.24) is 4.90 Å². The van der Waals surface area contributed by atoms with Crippen LogP contribution in [-0.4, -0.2) is 30.9 Å². The highest BCUT2D eigenvalue weighted by Gasteiger charge is 2.20. The molecule has 0 radical (unpaired) electrons. The maximum atomic E-state index is 11.2. The van der Waals surface area contributed by atoms with E-state index >= 15 is 0 Å². The molecule has 0 saturated carbocycles. The molecule has 1 amide bonds. The van der Waals surface area contributed by atoms with E-state index in [-0.39, 0.29) is 5.91 Å². The van der Waals surface area contributed by atoms with E-state index in [0.717, 1.165) is 37.2 Å². The first-order chi connectivity index (χ1) is 8.08. The number of anilines is 1. The molecule has 0 spiro atoms. The minimum Gasteiger partial charge on any atom is -0.398 e. The Morgan fingerprint density at radius 3 is 2.59 bits per heavy atom. The highest BCUT2D eigenvalue weighted by Crippen LogP contribution is 2.31. The first kappa shape index (κ1) is 11.9. The lowest BCUT2D eigenvalue weighted by Gasteiger charge is -2.30. The summed E-state index contributed by atoms with van der Waals surface area (Å²) in [5, 5.41) is 0. The third kappa shape index (κ3) is 2.58. The number of nitrogens with two attached hydrogens (primary N) is 2. The van der Waals surface area contributed by atoms with Crippen LogP contribution in [0.5, 0.6) is 0 Å². The number of nitrogens with zero attached hydrogens (tertiary/aromatic N) is 1. The topological polar surface area (TPSA) is 72.3 Å². The molecule has 92 valence electrons. The van der Waals surface area contributed by atoms with Crippen LogP contribution in [0, 0.1) is 0 Å². The molecule has 1 heterocycles. The van der Waals surface area contributed by atoms with E-state index in [2.05, 4.69) is 11.9 Å². The third-order valence-corrected chi connectivity index (χ3v) is 3.53. The molecule has 0 bridgehead atoms. The normalized spacial score (nSPS) is 18.2. The van der Waals surface area contributed by atoms with Gasteiger partial charge in [0.15, 0.2) is 0 Å². The largest absolute Gasteiger partial charge is 0.398 e. The van der Waals surface area contributed by atoms with Gasteiger partial charge in [-0.05, 0) is 62.7 Å². The fraction of sp³-hybridized carbons (Fsp3) is 0.462. The zero-order chi connectivity index (χ0) is 12.4. The van der Waals surface area contributed by atoms with Crippen molar-refractivity contribution in [2.75, 3.05) is 25.9 Å². The molecule has 2 rings (SSSR count). The van der Waals surface area contributed by atoms with Gasteiger partial charge in [0.2, 0.25) is 5.91 Å². The molecular formula is C13H19N3O. The number of amides is 1. The van der Waals surface area contributed by atoms with Crippen molar-refractivity contribution < 1.29 is 4.79 Å². The van der Waals surface area contributed by atoms with E-state index in [9.17, 15) is 4.79 Å². The second-order valence-corrected chi connectivity index (χ2v) is 4.79. The molecular weight excluding hydrogens is 214 g/mol. The van der Waals surface area contributed by atoms with Gasteiger partial charge in [-0.25, -0.2) is 0 Å². The highest BCUT2D eigenvalue weighted by molar-refractivity contribution is 5.93. The van der Waals surface area contributed by atoms with Crippen molar-refractivity contribution in [2.24, 2.45) is 5.73 Å². The van der Waals surface area contributed by atoms with Crippen LogP contribution in [0.1, 0.15) is 34.7 Å². The van der Waals surface area contributed by atoms with Crippen molar-refractivity contribution in [3.05, 3.63) is 29.3 Å². The zero-order valence-electron chi connectivity index (χ0n) is 10.1. The second-order valence-electron chi connectivity index (χ2n) is 4.79. The summed E-state index contributed by atoms with van der Waals surface area (Å²) in [6.07, 6.45) is 2.17. The van der Waals surface area contributed by atoms with Gasteiger partial charge in [-0.15, -0.1) is 0 Å². The Morgan fingerprint density at radius 1 is 1.35 bits per heavy atom. The number of carbonyl (C=O) groups is 1. The number of primary amides is 1. The van der Waals surface area contributed by atoms with E-state index in [1.54, 1.807) is 12.1 Å². The maximum Gasteiger partial charge on any atom is 0.248 e. The lowest BCUT2D eigenvalue weighted by atomic mass is 9.87. The van der Waals surface area contributed by atoms with Crippen LogP contribution < -0.4 is 11.5 Å². The molecule has 4 N–H and O–H groups in total. The molecule has 1 aliphatic rings. The van der Waals surface area contributed by atoms with E-state index in [4.69, 9.17) is 11.5 Å². The predicted octanol–water partition coefficient (Wildman–Crippen LogP) is 1.18. The Labute approximate surface area is 102 Å². The summed E-state index contributed by atoms with van der Waals surface area (Å²) >= 11 is 0. The molecule has 1 aromatic carbocycles. The SMILES string of the molecule is CN1CCC(c2cc(C(N)=O)ccc2N)CC1. The summed E-state index contributed by atoms with van der Waals surface area (Å²) < 4.78 is 0. The number of likely N-dealkylation sites (tertiary alicyclic amines) is 1. The van der Waals surface area contributed by atoms with Crippen molar-refractivity contribution in [1.29, 1.82) is 0 Å². The van der Waals surface area contributed by atoms with Crippen molar-refractivity contribution >= 4 is 11.6 Å². The fourth-order valence-corrected chi connectivity index (χ4v) is 2.40. The van der Waals surface area contributed by atoms with Gasteiger partial charge in [-0.2, -0.15) is 0 Å². The quantitative estimate of drug-likeness (QED) is 0.753. The number of rotatable bonds is 2. The lowest BCUT2D eigenvalue weighted by Crippen LogP contribution is -2.29. The van der Waals surface area contributed by atoms with Gasteiger partial charge >= 0.3 is 0 Å². The number of hydrogen-bond donors (Lipinski definition) is 2. The molecule has 4 heteroatoms. The molecule has 0 unspecified atom stereocenters. The molecule has 4 nitrogen and oxygen atoms in total. The van der Waals surface area contributed by atoms with Gasteiger partial charge in [-0.3, -0.25) is 4.79 Å². The monoisotopic (exact) mass is 233 g/mol. The summed E-state index contributed by atoms with van der Waals surface area (Å²) in [7, 11) is 2.12. The maximum absolute atomic E-state index is 11.2. The Kier molecular flexibility index (Phi) is 3.33. The number of benzene rings is 1. The average molecular weight is 233 g/mol. The van der Waals surface area contributed by atoms with Crippen molar-refractivity contribution in [2.45, 2.75) is 18.8 Å². The molecule has 1 aliphatic heterocycles. The van der Waals surface area contributed by atoms with E-state index in [1.807, 2.05) is 6.07 Å². The van der Waals surface area contributed by atoms with Gasteiger partial charge < -0.3 is 16.4 Å². The van der Waals surface area contributed by atoms with Crippen LogP contribution in [0.4, 0.5) is 5.69 Å². The predicted molar refractivity (Wildman–Crippen MR) is 68.8 cm³/mol. The Bertz CT molecular complexity index is 423. The van der Waals surface area contributed by atoms with Crippen molar-refractivity contribution in [3.63, 3.8) is 0 Å². The molecule has 1 saturated heterocycles. The van der Waals surface area contributed by atoms with Crippen molar-refractivity contribution in [3.8, 4) is 0 Å². The average Bonchev–Trinajstić information content (AvgIpc) is 2.31. The van der Waals surface area contributed by atoms with Crippen LogP contribution in [0.15, 0.2) is 18.2 Å². The summed E-state index contributed by atoms with van der Waals surface area (Å²) in [5.41, 5.74) is 13.7. The minimum absolute atomic E-state index is 0.390. The first-order valence-corrected chi connectivity index (χ1v) is 5.95. The Morgan fingerprint density at radius 2 is 2.00 bits per heavy atom. The van der Waals surface area contributed by atoms with Gasteiger partial charge in [-0.1, -0.05) is 0 Å². The minimum atomic E-state index is -0.390. The number of piperidine rings is 1. The molecule has 0 atom stereocenters. The lowest BCUT2D eigenvalue weighted by molar-refractivity contribution is 0.1000. The van der Waals surface area contributed by atoms with Crippen LogP contribution in [-0.2, 0) is 0 Å². The first-order valence-electron chi connectivity index (χ1n) is 5.95. The van der Waals surface area contributed by atoms with Gasteiger partial charge in [0.25, 0.3) is 0 Å². The second kappa shape index (κ2) is 4.75. The third-order valence-electron chi connectivity index (χ3n) is 3.53. The zero-order valence-corrected chi connectivity index (χ0v) is 10.1. The van der Waals surface area contributed by atoms with Gasteiger partial charge in [0, 0.05) is 11.3 Å². The molecule has 17 heavy (non-hydrogen) atoms. The number of nitrogen functional groups attached to an aromatic ring is 1. The van der Waals surface area contributed by atoms with Gasteiger partial charge in [0.05, 0.1) is 0 Å². The summed E-state index contributed by atoms with van der Waals surface area (Å²) in [6, 6.07) is 5.33. The van der Waals surface area contributed by atoms with Crippen LogP contribution in [0.3, 0.4) is 0 Å². The summed E-state index contributed by atoms with van der Waals surface area (Å²) in [6.45, 7) is 2.15. The van der Waals surface area contributed by atoms with Crippen LogP contribution in [0.2, 0.25) is 0 Å². The fourth-order valence-electron chi connectivity index (χ4n) is 2.40. The Balaban J connectivity index is 2.25. The smallest absolute Gasteiger partial charge is 0.248 e. The van der Waals surface area contributed by atoms with Crippen LogP contribution in [0.25, 0.3) is 0 Å². The van der Waals surface area contributed by atoms with E-state index < -0.39 is 0 Å². The highest BCUT2D eigenvalue weighted by atomic mass is 16.1. The standard InChI is InChI=1S/C13H19N3O/c1-16-6-4-9(5-7-16)11-8-10(13(15)17)2-3-12(11)14/h2-3,8-9H,4-7,14H2,1H3,(H2,15,17). The summed E-state index contributed by atoms with van der Waals surface area (Å²) in [5.74, 6) is 0.0599. The van der Waals surface area contributed by atoms with E-state index in [0.29, 0.717) is 11.5 Å². The molecule has 1 fully saturated rings. The number of carbonyl (C=O) groups excluding carboxylic acids is 1. The number of hydrogen-bond acceptors (Lipinski definition) is 3. The molecule has 0 aromatic heterocycles. The molecule has 0 aliphatic carbocycles. The van der Waals surface area contributed by atoms with E-state index in [1.165, 1.54) is 0 Å². The Hall–Kier alpha value is -1.55. The summed E-state index contributed by atoms with van der Waals surface area (Å²) in [4.78, 5) is 13.5.